The number of carbonyl (C=O) groups is 3. The molecule has 0 spiro atoms. The lowest BCUT2D eigenvalue weighted by Gasteiger charge is -2.27. The van der Waals surface area contributed by atoms with Gasteiger partial charge in [0.1, 0.15) is 12.2 Å². The molecule has 1 N–H and O–H groups in total. The number of hydrogen-bond acceptors (Lipinski definition) is 6. The van der Waals surface area contributed by atoms with Gasteiger partial charge in [0.05, 0.1) is 12.5 Å². The van der Waals surface area contributed by atoms with Gasteiger partial charge in [-0.3, -0.25) is 4.79 Å². The van der Waals surface area contributed by atoms with Crippen LogP contribution in [0.25, 0.3) is 0 Å². The number of fused-ring (bicyclic) bond motifs is 1. The number of rotatable bonds is 3. The normalized spacial score (nSPS) is 27.3. The number of Topliss-reactive ketones (excluding diaryl/α,β-unsaturated/α-hetero) is 1. The van der Waals surface area contributed by atoms with E-state index in [-0.39, 0.29) is 30.0 Å². The Hall–Kier alpha value is -2.47. The first-order chi connectivity index (χ1) is 12.2. The summed E-state index contributed by atoms with van der Waals surface area (Å²) in [5.41, 5.74) is 1.87. The molecule has 1 aliphatic heterocycles. The zero-order valence-corrected chi connectivity index (χ0v) is 15.3. The maximum absolute atomic E-state index is 12.3. The summed E-state index contributed by atoms with van der Waals surface area (Å²) in [4.78, 5) is 36.5. The highest BCUT2D eigenvalue weighted by molar-refractivity contribution is 5.96. The van der Waals surface area contributed by atoms with Crippen LogP contribution in [0.1, 0.15) is 33.6 Å². The van der Waals surface area contributed by atoms with Crippen molar-refractivity contribution in [2.24, 2.45) is 5.92 Å². The van der Waals surface area contributed by atoms with Gasteiger partial charge >= 0.3 is 11.9 Å². The van der Waals surface area contributed by atoms with Gasteiger partial charge in [-0.1, -0.05) is 18.2 Å². The number of hydrogen-bond donors (Lipinski definition) is 1. The minimum Gasteiger partial charge on any atom is -0.458 e. The highest BCUT2D eigenvalue weighted by Gasteiger charge is 2.44. The number of aliphatic hydroxyl groups excluding tert-OH is 1. The zero-order valence-electron chi connectivity index (χ0n) is 15.3. The molecular weight excluding hydrogens is 336 g/mol. The Labute approximate surface area is 152 Å². The summed E-state index contributed by atoms with van der Waals surface area (Å²) < 4.78 is 11.0. The van der Waals surface area contributed by atoms with E-state index in [2.05, 4.69) is 6.58 Å². The quantitative estimate of drug-likeness (QED) is 0.471. The topological polar surface area (TPSA) is 89.9 Å². The number of carbonyl (C=O) groups excluding carboxylic acids is 3. The second-order valence-corrected chi connectivity index (χ2v) is 6.67. The van der Waals surface area contributed by atoms with Crippen LogP contribution in [0.4, 0.5) is 0 Å². The minimum atomic E-state index is -0.704. The molecule has 3 unspecified atom stereocenters. The molecule has 2 aliphatic rings. The third-order valence-corrected chi connectivity index (χ3v) is 4.65. The van der Waals surface area contributed by atoms with Gasteiger partial charge in [-0.25, -0.2) is 9.59 Å². The first-order valence-corrected chi connectivity index (χ1v) is 8.50. The molecule has 26 heavy (non-hydrogen) atoms. The second kappa shape index (κ2) is 8.27. The fourth-order valence-corrected chi connectivity index (χ4v) is 3.04. The first kappa shape index (κ1) is 19.8. The fourth-order valence-electron chi connectivity index (χ4n) is 3.04. The van der Waals surface area contributed by atoms with Crippen LogP contribution in [0.5, 0.6) is 0 Å². The molecule has 0 bridgehead atoms. The van der Waals surface area contributed by atoms with Crippen LogP contribution in [0, 0.1) is 5.92 Å². The van der Waals surface area contributed by atoms with Crippen molar-refractivity contribution in [1.29, 1.82) is 0 Å². The summed E-state index contributed by atoms with van der Waals surface area (Å²) in [6.07, 6.45) is 4.00. The maximum Gasteiger partial charge on any atom is 0.334 e. The molecule has 0 saturated carbocycles. The van der Waals surface area contributed by atoms with Crippen LogP contribution in [-0.4, -0.2) is 41.6 Å². The lowest BCUT2D eigenvalue weighted by atomic mass is 9.85. The monoisotopic (exact) mass is 360 g/mol. The highest BCUT2D eigenvalue weighted by atomic mass is 16.6. The molecule has 1 saturated heterocycles. The van der Waals surface area contributed by atoms with E-state index >= 15 is 0 Å². The zero-order chi connectivity index (χ0) is 19.4. The van der Waals surface area contributed by atoms with Crippen molar-refractivity contribution in [3.63, 3.8) is 0 Å². The predicted octanol–water partition coefficient (Wildman–Crippen LogP) is 2.19. The molecule has 1 fully saturated rings. The standard InChI is InChI=1S/C20H24O6/c1-11-5-6-15(22)13(3)10-17-18(14(4)20(24)26-17)16(9-11)25-19(23)12(2)7-8-21/h5,7,10,16-18,21H,4,6,8-9H2,1-3H3. The van der Waals surface area contributed by atoms with Crippen LogP contribution in [-0.2, 0) is 23.9 Å². The number of allylic oxidation sites excluding steroid dienone is 2. The maximum atomic E-state index is 12.3. The van der Waals surface area contributed by atoms with Gasteiger partial charge in [0.25, 0.3) is 0 Å². The third-order valence-electron chi connectivity index (χ3n) is 4.65. The molecule has 1 aliphatic carbocycles. The second-order valence-electron chi connectivity index (χ2n) is 6.67. The first-order valence-electron chi connectivity index (χ1n) is 8.50. The summed E-state index contributed by atoms with van der Waals surface area (Å²) in [6.45, 7) is 8.60. The molecule has 0 amide bonds. The van der Waals surface area contributed by atoms with Crippen molar-refractivity contribution >= 4 is 17.7 Å². The summed E-state index contributed by atoms with van der Waals surface area (Å²) >= 11 is 0. The molecular formula is C20H24O6. The summed E-state index contributed by atoms with van der Waals surface area (Å²) in [7, 11) is 0. The van der Waals surface area contributed by atoms with Crippen molar-refractivity contribution in [2.75, 3.05) is 6.61 Å². The van der Waals surface area contributed by atoms with Crippen molar-refractivity contribution in [3.05, 3.63) is 47.1 Å². The Morgan fingerprint density at radius 3 is 2.77 bits per heavy atom. The Morgan fingerprint density at radius 2 is 2.12 bits per heavy atom. The Morgan fingerprint density at radius 1 is 1.42 bits per heavy atom. The van der Waals surface area contributed by atoms with E-state index in [1.807, 2.05) is 6.92 Å². The number of aliphatic hydroxyl groups is 1. The van der Waals surface area contributed by atoms with Crippen molar-refractivity contribution in [2.45, 2.75) is 45.8 Å². The van der Waals surface area contributed by atoms with Gasteiger partial charge in [-0.05, 0) is 38.5 Å². The van der Waals surface area contributed by atoms with Crippen molar-refractivity contribution < 1.29 is 29.0 Å². The lowest BCUT2D eigenvalue weighted by molar-refractivity contribution is -0.147. The number of esters is 2. The Kier molecular flexibility index (Phi) is 6.32. The minimum absolute atomic E-state index is 0.0474. The van der Waals surface area contributed by atoms with Crippen LogP contribution in [0.15, 0.2) is 47.1 Å². The molecule has 3 atom stereocenters. The number of ketones is 1. The molecule has 0 radical (unpaired) electrons. The number of ether oxygens (including phenoxy) is 2. The molecule has 0 aromatic carbocycles. The van der Waals surface area contributed by atoms with Gasteiger partial charge in [0, 0.05) is 24.0 Å². The van der Waals surface area contributed by atoms with Crippen LogP contribution < -0.4 is 0 Å². The van der Waals surface area contributed by atoms with E-state index in [0.29, 0.717) is 12.0 Å². The SMILES string of the molecule is C=C1C(=O)OC2C=C(C)C(=O)CC=C(C)CC(OC(=O)C(C)=CCO)C12. The van der Waals surface area contributed by atoms with Crippen LogP contribution in [0.2, 0.25) is 0 Å². The highest BCUT2D eigenvalue weighted by Crippen LogP contribution is 2.36. The molecule has 1 heterocycles. The van der Waals surface area contributed by atoms with E-state index in [9.17, 15) is 14.4 Å². The molecule has 6 heteroatoms. The third kappa shape index (κ3) is 4.38. The van der Waals surface area contributed by atoms with Crippen LogP contribution >= 0.6 is 0 Å². The average Bonchev–Trinajstić information content (AvgIpc) is 2.85. The average molecular weight is 360 g/mol. The van der Waals surface area contributed by atoms with Gasteiger partial charge < -0.3 is 14.6 Å². The smallest absolute Gasteiger partial charge is 0.334 e. The van der Waals surface area contributed by atoms with E-state index in [4.69, 9.17) is 14.6 Å². The van der Waals surface area contributed by atoms with E-state index < -0.39 is 30.1 Å². The van der Waals surface area contributed by atoms with Crippen molar-refractivity contribution in [3.8, 4) is 0 Å². The summed E-state index contributed by atoms with van der Waals surface area (Å²) in [6, 6.07) is 0. The van der Waals surface area contributed by atoms with E-state index in [0.717, 1.165) is 5.57 Å². The van der Waals surface area contributed by atoms with E-state index in [1.165, 1.54) is 6.08 Å². The lowest BCUT2D eigenvalue weighted by Crippen LogP contribution is -2.34. The van der Waals surface area contributed by atoms with Gasteiger partial charge in [-0.15, -0.1) is 0 Å². The summed E-state index contributed by atoms with van der Waals surface area (Å²) in [5, 5.41) is 8.95. The van der Waals surface area contributed by atoms with Gasteiger partial charge in [-0.2, -0.15) is 0 Å². The Bertz CT molecular complexity index is 725. The largest absolute Gasteiger partial charge is 0.458 e. The Balaban J connectivity index is 2.41. The van der Waals surface area contributed by atoms with Crippen LogP contribution in [0.3, 0.4) is 0 Å². The molecule has 0 aromatic heterocycles. The molecule has 0 aromatic rings. The summed E-state index contributed by atoms with van der Waals surface area (Å²) in [5.74, 6) is -1.75. The van der Waals surface area contributed by atoms with Gasteiger partial charge in [0.15, 0.2) is 5.78 Å². The molecule has 140 valence electrons. The van der Waals surface area contributed by atoms with Crippen molar-refractivity contribution in [1.82, 2.24) is 0 Å². The molecule has 6 nitrogen and oxygen atoms in total. The fraction of sp³-hybridized carbons (Fsp3) is 0.450. The van der Waals surface area contributed by atoms with E-state index in [1.54, 1.807) is 26.0 Å². The van der Waals surface area contributed by atoms with Gasteiger partial charge in [0.2, 0.25) is 0 Å². The predicted molar refractivity (Wildman–Crippen MR) is 95.0 cm³/mol. The molecule has 2 rings (SSSR count).